The van der Waals surface area contributed by atoms with Gasteiger partial charge < -0.3 is 10.1 Å². The molecule has 1 heterocycles. The summed E-state index contributed by atoms with van der Waals surface area (Å²) in [5.74, 6) is 0.960. The minimum Gasteiger partial charge on any atom is -0.371 e. The molecule has 0 bridgehead atoms. The molecule has 100 valence electrons. The fourth-order valence-electron chi connectivity index (χ4n) is 3.37. The van der Waals surface area contributed by atoms with Gasteiger partial charge in [-0.15, -0.1) is 0 Å². The highest BCUT2D eigenvalue weighted by Gasteiger charge is 2.32. The highest BCUT2D eigenvalue weighted by Crippen LogP contribution is 2.30. The molecule has 1 saturated carbocycles. The van der Waals surface area contributed by atoms with Crippen LogP contribution in [0.15, 0.2) is 0 Å². The molecule has 0 aromatic carbocycles. The molecular weight excluding hydrogens is 210 g/mol. The van der Waals surface area contributed by atoms with Crippen LogP contribution in [0.4, 0.5) is 0 Å². The second-order valence-corrected chi connectivity index (χ2v) is 6.58. The van der Waals surface area contributed by atoms with E-state index in [0.29, 0.717) is 6.10 Å². The molecule has 3 atom stereocenters. The lowest BCUT2D eigenvalue weighted by Gasteiger charge is -2.30. The van der Waals surface area contributed by atoms with Gasteiger partial charge in [0.05, 0.1) is 11.7 Å². The maximum Gasteiger partial charge on any atom is 0.0707 e. The second-order valence-electron chi connectivity index (χ2n) is 6.58. The molecule has 17 heavy (non-hydrogen) atoms. The Kier molecular flexibility index (Phi) is 4.48. The van der Waals surface area contributed by atoms with Gasteiger partial charge in [-0.3, -0.25) is 0 Å². The van der Waals surface area contributed by atoms with Crippen LogP contribution in [-0.4, -0.2) is 24.3 Å². The smallest absolute Gasteiger partial charge is 0.0707 e. The summed E-state index contributed by atoms with van der Waals surface area (Å²) < 4.78 is 6.03. The fraction of sp³-hybridized carbons (Fsp3) is 1.00. The van der Waals surface area contributed by atoms with Crippen molar-refractivity contribution in [2.75, 3.05) is 6.54 Å². The van der Waals surface area contributed by atoms with Gasteiger partial charge in [-0.1, -0.05) is 26.2 Å². The van der Waals surface area contributed by atoms with Crippen molar-refractivity contribution in [2.24, 2.45) is 5.92 Å². The van der Waals surface area contributed by atoms with Crippen LogP contribution in [0.3, 0.4) is 0 Å². The summed E-state index contributed by atoms with van der Waals surface area (Å²) in [5.41, 5.74) is 0.116. The third-order valence-electron chi connectivity index (χ3n) is 4.55. The van der Waals surface area contributed by atoms with Gasteiger partial charge in [0, 0.05) is 12.6 Å². The van der Waals surface area contributed by atoms with Gasteiger partial charge in [-0.2, -0.15) is 0 Å². The summed E-state index contributed by atoms with van der Waals surface area (Å²) in [6, 6.07) is 0.751. The lowest BCUT2D eigenvalue weighted by molar-refractivity contribution is -0.0158. The minimum absolute atomic E-state index is 0.116. The van der Waals surface area contributed by atoms with Gasteiger partial charge in [0.15, 0.2) is 0 Å². The Morgan fingerprint density at radius 3 is 2.71 bits per heavy atom. The van der Waals surface area contributed by atoms with E-state index in [1.807, 2.05) is 0 Å². The van der Waals surface area contributed by atoms with Gasteiger partial charge in [0.25, 0.3) is 0 Å². The molecule has 1 N–H and O–H groups in total. The van der Waals surface area contributed by atoms with Gasteiger partial charge in [0.1, 0.15) is 0 Å². The average molecular weight is 239 g/mol. The molecule has 2 heteroatoms. The minimum atomic E-state index is 0.116. The average Bonchev–Trinajstić information content (AvgIpc) is 2.67. The molecule has 0 aromatic rings. The molecule has 2 aliphatic rings. The van der Waals surface area contributed by atoms with Crippen LogP contribution in [0.1, 0.15) is 65.7 Å². The third kappa shape index (κ3) is 3.96. The zero-order valence-electron chi connectivity index (χ0n) is 11.8. The van der Waals surface area contributed by atoms with Crippen molar-refractivity contribution in [2.45, 2.75) is 83.5 Å². The Labute approximate surface area is 107 Å². The largest absolute Gasteiger partial charge is 0.371 e. The molecule has 0 amide bonds. The molecule has 2 nitrogen and oxygen atoms in total. The van der Waals surface area contributed by atoms with Crippen LogP contribution >= 0.6 is 0 Å². The van der Waals surface area contributed by atoms with E-state index < -0.39 is 0 Å². The molecule has 1 aliphatic heterocycles. The summed E-state index contributed by atoms with van der Waals surface area (Å²) in [6.45, 7) is 7.81. The van der Waals surface area contributed by atoms with E-state index >= 15 is 0 Å². The van der Waals surface area contributed by atoms with E-state index in [1.165, 1.54) is 44.9 Å². The zero-order valence-corrected chi connectivity index (χ0v) is 11.8. The molecule has 2 rings (SSSR count). The maximum atomic E-state index is 6.03. The first kappa shape index (κ1) is 13.4. The molecule has 0 spiro atoms. The molecule has 0 radical (unpaired) electrons. The highest BCUT2D eigenvalue weighted by atomic mass is 16.5. The summed E-state index contributed by atoms with van der Waals surface area (Å²) in [6.07, 6.45) is 9.84. The first-order valence-electron chi connectivity index (χ1n) is 7.50. The predicted octanol–water partition coefficient (Wildman–Crippen LogP) is 3.50. The Morgan fingerprint density at radius 1 is 1.24 bits per heavy atom. The van der Waals surface area contributed by atoms with E-state index in [2.05, 4.69) is 26.1 Å². The van der Waals surface area contributed by atoms with E-state index in [-0.39, 0.29) is 5.60 Å². The topological polar surface area (TPSA) is 21.3 Å². The van der Waals surface area contributed by atoms with Crippen LogP contribution in [0.5, 0.6) is 0 Å². The van der Waals surface area contributed by atoms with E-state index in [4.69, 9.17) is 4.74 Å². The number of hydrogen-bond acceptors (Lipinski definition) is 2. The van der Waals surface area contributed by atoms with Crippen molar-refractivity contribution in [1.82, 2.24) is 5.32 Å². The summed E-state index contributed by atoms with van der Waals surface area (Å²) in [4.78, 5) is 0. The van der Waals surface area contributed by atoms with Crippen LogP contribution in [0.25, 0.3) is 0 Å². The monoisotopic (exact) mass is 239 g/mol. The van der Waals surface area contributed by atoms with E-state index in [9.17, 15) is 0 Å². The lowest BCUT2D eigenvalue weighted by Crippen LogP contribution is -2.39. The van der Waals surface area contributed by atoms with Crippen molar-refractivity contribution in [3.63, 3.8) is 0 Å². The summed E-state index contributed by atoms with van der Waals surface area (Å²) in [5, 5.41) is 3.74. The quantitative estimate of drug-likeness (QED) is 0.810. The first-order valence-corrected chi connectivity index (χ1v) is 7.50. The number of ether oxygens (including phenoxy) is 1. The Hall–Kier alpha value is -0.0800. The summed E-state index contributed by atoms with van der Waals surface area (Å²) in [7, 11) is 0. The predicted molar refractivity (Wildman–Crippen MR) is 72.2 cm³/mol. The number of nitrogens with one attached hydrogen (secondary N) is 1. The van der Waals surface area contributed by atoms with Crippen LogP contribution < -0.4 is 5.32 Å². The molecule has 3 unspecified atom stereocenters. The standard InChI is InChI=1S/C15H29NO/c1-4-12-6-5-7-13(10-12)16-11-14-8-9-15(2,3)17-14/h12-14,16H,4-11H2,1-3H3. The van der Waals surface area contributed by atoms with Crippen LogP contribution in [0, 0.1) is 5.92 Å². The van der Waals surface area contributed by atoms with Gasteiger partial charge >= 0.3 is 0 Å². The summed E-state index contributed by atoms with van der Waals surface area (Å²) >= 11 is 0. The number of hydrogen-bond donors (Lipinski definition) is 1. The van der Waals surface area contributed by atoms with Crippen LogP contribution in [0.2, 0.25) is 0 Å². The highest BCUT2D eigenvalue weighted by molar-refractivity contribution is 4.84. The molecule has 0 aromatic heterocycles. The fourth-order valence-corrected chi connectivity index (χ4v) is 3.37. The Morgan fingerprint density at radius 2 is 2.06 bits per heavy atom. The maximum absolute atomic E-state index is 6.03. The van der Waals surface area contributed by atoms with Crippen LogP contribution in [-0.2, 0) is 4.74 Å². The normalized spacial score (nSPS) is 37.2. The first-order chi connectivity index (χ1) is 8.09. The van der Waals surface area contributed by atoms with Crippen molar-refractivity contribution in [3.8, 4) is 0 Å². The third-order valence-corrected chi connectivity index (χ3v) is 4.55. The SMILES string of the molecule is CCC1CCCC(NCC2CCC(C)(C)O2)C1. The lowest BCUT2D eigenvalue weighted by atomic mass is 9.84. The Bertz CT molecular complexity index is 239. The van der Waals surface area contributed by atoms with Crippen molar-refractivity contribution in [1.29, 1.82) is 0 Å². The molecule has 2 fully saturated rings. The number of rotatable bonds is 4. The van der Waals surface area contributed by atoms with Crippen molar-refractivity contribution >= 4 is 0 Å². The second kappa shape index (κ2) is 5.71. The van der Waals surface area contributed by atoms with Gasteiger partial charge in [-0.25, -0.2) is 0 Å². The zero-order chi connectivity index (χ0) is 12.3. The van der Waals surface area contributed by atoms with E-state index in [1.54, 1.807) is 0 Å². The molecule has 1 aliphatic carbocycles. The Balaban J connectivity index is 1.68. The molecular formula is C15H29NO. The van der Waals surface area contributed by atoms with E-state index in [0.717, 1.165) is 18.5 Å². The van der Waals surface area contributed by atoms with Gasteiger partial charge in [0.2, 0.25) is 0 Å². The van der Waals surface area contributed by atoms with Gasteiger partial charge in [-0.05, 0) is 45.4 Å². The van der Waals surface area contributed by atoms with Crippen molar-refractivity contribution < 1.29 is 4.74 Å². The molecule has 1 saturated heterocycles. The van der Waals surface area contributed by atoms with Crippen molar-refractivity contribution in [3.05, 3.63) is 0 Å².